The molecule has 1 unspecified atom stereocenters. The average Bonchev–Trinajstić information content (AvgIpc) is 3.18. The number of carbonyl (C=O) groups is 1. The number of aliphatic hydroxyl groups excluding tert-OH is 1. The van der Waals surface area contributed by atoms with Crippen molar-refractivity contribution in [2.45, 2.75) is 19.2 Å². The Kier molecular flexibility index (Phi) is 6.26. The van der Waals surface area contributed by atoms with Gasteiger partial charge < -0.3 is 15.2 Å². The van der Waals surface area contributed by atoms with Crippen LogP contribution in [0, 0.1) is 0 Å². The topological polar surface area (TPSA) is 137 Å². The largest absolute Gasteiger partial charge is 0.481 e. The third kappa shape index (κ3) is 4.54. The van der Waals surface area contributed by atoms with E-state index < -0.39 is 35.1 Å². The first kappa shape index (κ1) is 25.8. The number of aryl methyl sites for hydroxylation is 1. The number of carbonyl (C=O) groups excluding carboxylic acids is 1. The summed E-state index contributed by atoms with van der Waals surface area (Å²) in [5, 5.41) is 11.9. The van der Waals surface area contributed by atoms with Crippen molar-refractivity contribution in [3.8, 4) is 23.0 Å². The fraction of sp³-hybridized carbons (Fsp3) is 0.200. The van der Waals surface area contributed by atoms with E-state index in [1.807, 2.05) is 5.32 Å². The normalized spacial score (nSPS) is 12.6. The zero-order valence-electron chi connectivity index (χ0n) is 20.7. The highest BCUT2D eigenvalue weighted by Gasteiger charge is 2.35. The van der Waals surface area contributed by atoms with Gasteiger partial charge in [-0.1, -0.05) is 0 Å². The van der Waals surface area contributed by atoms with Crippen LogP contribution in [0.4, 0.5) is 18.9 Å². The van der Waals surface area contributed by atoms with Crippen molar-refractivity contribution in [1.82, 2.24) is 29.1 Å². The molecule has 0 aliphatic carbocycles. The summed E-state index contributed by atoms with van der Waals surface area (Å²) in [5.41, 5.74) is -0.441. The molecule has 0 saturated heterocycles. The Hall–Kier alpha value is -4.85. The lowest BCUT2D eigenvalue weighted by Gasteiger charge is -2.16. The van der Waals surface area contributed by atoms with Crippen molar-refractivity contribution in [1.29, 1.82) is 0 Å². The van der Waals surface area contributed by atoms with Gasteiger partial charge in [0.25, 0.3) is 5.91 Å². The van der Waals surface area contributed by atoms with Gasteiger partial charge in [0.15, 0.2) is 0 Å². The summed E-state index contributed by atoms with van der Waals surface area (Å²) in [7, 11) is 2.95. The molecule has 39 heavy (non-hydrogen) atoms. The van der Waals surface area contributed by atoms with Crippen molar-refractivity contribution < 1.29 is 27.8 Å². The number of methoxy groups -OCH3 is 1. The second kappa shape index (κ2) is 9.47. The van der Waals surface area contributed by atoms with E-state index in [1.54, 1.807) is 24.4 Å². The molecule has 0 radical (unpaired) electrons. The number of nitrogens with zero attached hydrogens (tertiary/aromatic N) is 6. The molecule has 0 aliphatic rings. The Labute approximate surface area is 217 Å². The molecule has 5 rings (SSSR count). The summed E-state index contributed by atoms with van der Waals surface area (Å²) >= 11 is 0. The number of nitrogens with one attached hydrogen (secondary N) is 1. The summed E-state index contributed by atoms with van der Waals surface area (Å²) in [4.78, 5) is 42.2. The van der Waals surface area contributed by atoms with Gasteiger partial charge in [0.1, 0.15) is 11.9 Å². The van der Waals surface area contributed by atoms with Gasteiger partial charge in [-0.25, -0.2) is 19.3 Å². The predicted molar refractivity (Wildman–Crippen MR) is 135 cm³/mol. The molecule has 2 N–H and O–H groups in total. The van der Waals surface area contributed by atoms with E-state index in [9.17, 15) is 27.9 Å². The third-order valence-corrected chi connectivity index (χ3v) is 6.07. The molecule has 0 aromatic carbocycles. The smallest absolute Gasteiger partial charge is 0.418 e. The van der Waals surface area contributed by atoms with Crippen molar-refractivity contribution in [2.24, 2.45) is 7.05 Å². The van der Waals surface area contributed by atoms with Crippen LogP contribution in [0.1, 0.15) is 12.5 Å². The summed E-state index contributed by atoms with van der Waals surface area (Å²) in [6.45, 7) is 1.12. The number of anilines is 1. The molecule has 14 heteroatoms. The Bertz CT molecular complexity index is 1790. The maximum absolute atomic E-state index is 14.0. The van der Waals surface area contributed by atoms with Gasteiger partial charge in [-0.2, -0.15) is 13.2 Å². The SMILES string of the molecule is COc1ccc(-c2cc3c(cn2)ncc2c3n(-c3cc(C(F)(F)F)c(NC(=O)C(C)O)cn3)c(=O)n2C)cn1. The fourth-order valence-corrected chi connectivity index (χ4v) is 4.06. The molecule has 0 fully saturated rings. The number of imidazole rings is 1. The van der Waals surface area contributed by atoms with Crippen LogP contribution in [0.15, 0.2) is 53.8 Å². The number of amides is 1. The molecule has 1 amide bonds. The molecular weight excluding hydrogens is 519 g/mol. The molecule has 1 atom stereocenters. The van der Waals surface area contributed by atoms with E-state index in [1.165, 1.54) is 31.1 Å². The molecule has 5 aromatic heterocycles. The van der Waals surface area contributed by atoms with Crippen LogP contribution in [0.25, 0.3) is 39.0 Å². The Morgan fingerprint density at radius 3 is 2.49 bits per heavy atom. The maximum Gasteiger partial charge on any atom is 0.418 e. The van der Waals surface area contributed by atoms with Crippen LogP contribution in [0.2, 0.25) is 0 Å². The summed E-state index contributed by atoms with van der Waals surface area (Å²) in [6, 6.07) is 5.72. The molecule has 11 nitrogen and oxygen atoms in total. The van der Waals surface area contributed by atoms with Gasteiger partial charge in [0, 0.05) is 30.3 Å². The maximum atomic E-state index is 14.0. The first-order chi connectivity index (χ1) is 18.5. The lowest BCUT2D eigenvalue weighted by Crippen LogP contribution is -2.27. The second-order valence-electron chi connectivity index (χ2n) is 8.60. The second-order valence-corrected chi connectivity index (χ2v) is 8.60. The number of hydrogen-bond acceptors (Lipinski definition) is 8. The van der Waals surface area contributed by atoms with Gasteiger partial charge in [0.05, 0.1) is 59.2 Å². The van der Waals surface area contributed by atoms with E-state index in [4.69, 9.17) is 4.74 Å². The van der Waals surface area contributed by atoms with Gasteiger partial charge in [-0.15, -0.1) is 0 Å². The molecule has 0 aliphatic heterocycles. The summed E-state index contributed by atoms with van der Waals surface area (Å²) in [5.74, 6) is -0.965. The molecule has 0 saturated carbocycles. The monoisotopic (exact) mass is 539 g/mol. The minimum atomic E-state index is -4.91. The van der Waals surface area contributed by atoms with Crippen molar-refractivity contribution in [3.63, 3.8) is 0 Å². The van der Waals surface area contributed by atoms with Gasteiger partial charge >= 0.3 is 11.9 Å². The molecule has 0 bridgehead atoms. The average molecular weight is 539 g/mol. The molecular formula is C25H20F3N7O4. The number of pyridine rings is 4. The van der Waals surface area contributed by atoms with Gasteiger partial charge in [-0.05, 0) is 25.1 Å². The molecule has 5 aromatic rings. The zero-order chi connectivity index (χ0) is 28.1. The van der Waals surface area contributed by atoms with Crippen LogP contribution < -0.4 is 15.7 Å². The first-order valence-corrected chi connectivity index (χ1v) is 11.4. The minimum absolute atomic E-state index is 0.263. The van der Waals surface area contributed by atoms with E-state index in [-0.39, 0.29) is 11.3 Å². The van der Waals surface area contributed by atoms with E-state index in [0.717, 1.165) is 17.7 Å². The van der Waals surface area contributed by atoms with E-state index in [0.29, 0.717) is 39.6 Å². The number of halogens is 3. The Morgan fingerprint density at radius 1 is 1.08 bits per heavy atom. The number of hydrogen-bond donors (Lipinski definition) is 2. The van der Waals surface area contributed by atoms with Crippen LogP contribution in [0.3, 0.4) is 0 Å². The van der Waals surface area contributed by atoms with Crippen molar-refractivity contribution >= 4 is 33.5 Å². The van der Waals surface area contributed by atoms with Crippen LogP contribution in [0.5, 0.6) is 5.88 Å². The summed E-state index contributed by atoms with van der Waals surface area (Å²) in [6.07, 6.45) is -1.20. The molecule has 0 spiro atoms. The number of aliphatic hydroxyl groups is 1. The zero-order valence-corrected chi connectivity index (χ0v) is 20.7. The van der Waals surface area contributed by atoms with Gasteiger partial charge in [-0.3, -0.25) is 19.3 Å². The lowest BCUT2D eigenvalue weighted by molar-refractivity contribution is -0.137. The summed E-state index contributed by atoms with van der Waals surface area (Å²) < 4.78 is 49.4. The van der Waals surface area contributed by atoms with Crippen LogP contribution >= 0.6 is 0 Å². The third-order valence-electron chi connectivity index (χ3n) is 6.07. The number of fused-ring (bicyclic) bond motifs is 3. The lowest BCUT2D eigenvalue weighted by atomic mass is 10.1. The van der Waals surface area contributed by atoms with Crippen molar-refractivity contribution in [2.75, 3.05) is 12.4 Å². The molecule has 200 valence electrons. The standard InChI is InChI=1S/C25H20F3N7O4/c1-12(36)23(37)33-18-10-31-20(7-15(18)25(26,27)28)35-22-14-6-16(13-4-5-21(39-3)32-8-13)29-9-17(14)30-11-19(22)34(2)24(35)38/h4-12,36H,1-3H3,(H,33,37). The predicted octanol–water partition coefficient (Wildman–Crippen LogP) is 3.08. The van der Waals surface area contributed by atoms with Crippen LogP contribution in [-0.4, -0.2) is 53.3 Å². The number of rotatable bonds is 5. The number of aromatic nitrogens is 6. The first-order valence-electron chi connectivity index (χ1n) is 11.4. The molecule has 5 heterocycles. The quantitative estimate of drug-likeness (QED) is 0.348. The van der Waals surface area contributed by atoms with Crippen molar-refractivity contribution in [3.05, 3.63) is 65.1 Å². The highest BCUT2D eigenvalue weighted by atomic mass is 19.4. The minimum Gasteiger partial charge on any atom is -0.481 e. The van der Waals surface area contributed by atoms with Crippen LogP contribution in [-0.2, 0) is 18.0 Å². The highest BCUT2D eigenvalue weighted by molar-refractivity contribution is 6.04. The Balaban J connectivity index is 1.75. The highest BCUT2D eigenvalue weighted by Crippen LogP contribution is 2.36. The Morgan fingerprint density at radius 2 is 1.85 bits per heavy atom. The van der Waals surface area contributed by atoms with Gasteiger partial charge in [0.2, 0.25) is 5.88 Å². The fourth-order valence-electron chi connectivity index (χ4n) is 4.06. The van der Waals surface area contributed by atoms with E-state index >= 15 is 0 Å². The number of alkyl halides is 3. The number of ether oxygens (including phenoxy) is 1. The van der Waals surface area contributed by atoms with E-state index in [2.05, 4.69) is 19.9 Å².